The van der Waals surface area contributed by atoms with Gasteiger partial charge in [-0.1, -0.05) is 19.9 Å². The molecule has 2 aromatic rings. The number of anilines is 2. The summed E-state index contributed by atoms with van der Waals surface area (Å²) >= 11 is 0. The maximum absolute atomic E-state index is 13.1. The van der Waals surface area contributed by atoms with Crippen molar-refractivity contribution in [3.8, 4) is 0 Å². The molecule has 0 spiro atoms. The van der Waals surface area contributed by atoms with Crippen molar-refractivity contribution in [2.75, 3.05) is 17.2 Å². The molecule has 0 saturated carbocycles. The maximum atomic E-state index is 13.1. The van der Waals surface area contributed by atoms with Crippen LogP contribution in [0.1, 0.15) is 24.2 Å². The standard InChI is InChI=1S/C19H19F2N3O3/c1-11(2)18(26)24-16-5-3-4-15(9-16)23-17(25)10-22-19(27)12-6-13(20)8-14(21)7-12/h3-9,11H,10H2,1-2H3,(H,22,27)(H,23,25)(H,24,26). The molecule has 142 valence electrons. The molecule has 0 fully saturated rings. The van der Waals surface area contributed by atoms with Gasteiger partial charge in [0.25, 0.3) is 5.91 Å². The molecular formula is C19H19F2N3O3. The van der Waals surface area contributed by atoms with Crippen LogP contribution < -0.4 is 16.0 Å². The van der Waals surface area contributed by atoms with Crippen LogP contribution in [0.5, 0.6) is 0 Å². The quantitative estimate of drug-likeness (QED) is 0.725. The van der Waals surface area contributed by atoms with Crippen LogP contribution in [0, 0.1) is 17.6 Å². The summed E-state index contributed by atoms with van der Waals surface area (Å²) in [7, 11) is 0. The second kappa shape index (κ2) is 8.88. The van der Waals surface area contributed by atoms with Crippen LogP contribution in [0.25, 0.3) is 0 Å². The van der Waals surface area contributed by atoms with Gasteiger partial charge in [0.05, 0.1) is 6.54 Å². The van der Waals surface area contributed by atoms with Gasteiger partial charge in [0.1, 0.15) is 11.6 Å². The smallest absolute Gasteiger partial charge is 0.251 e. The molecule has 0 heterocycles. The molecule has 0 radical (unpaired) electrons. The van der Waals surface area contributed by atoms with Gasteiger partial charge in [-0.15, -0.1) is 0 Å². The van der Waals surface area contributed by atoms with Gasteiger partial charge >= 0.3 is 0 Å². The first-order chi connectivity index (χ1) is 12.7. The zero-order valence-electron chi connectivity index (χ0n) is 14.8. The molecule has 8 heteroatoms. The highest BCUT2D eigenvalue weighted by Crippen LogP contribution is 2.16. The van der Waals surface area contributed by atoms with E-state index in [1.807, 2.05) is 0 Å². The molecule has 0 atom stereocenters. The number of nitrogens with one attached hydrogen (secondary N) is 3. The number of halogens is 2. The molecule has 0 aliphatic heterocycles. The van der Waals surface area contributed by atoms with E-state index < -0.39 is 23.4 Å². The average molecular weight is 375 g/mol. The minimum Gasteiger partial charge on any atom is -0.343 e. The SMILES string of the molecule is CC(C)C(=O)Nc1cccc(NC(=O)CNC(=O)c2cc(F)cc(F)c2)c1. The summed E-state index contributed by atoms with van der Waals surface area (Å²) in [6, 6.07) is 8.91. The number of carbonyl (C=O) groups is 3. The van der Waals surface area contributed by atoms with E-state index in [1.165, 1.54) is 0 Å². The number of hydrogen-bond donors (Lipinski definition) is 3. The second-order valence-corrected chi connectivity index (χ2v) is 6.11. The van der Waals surface area contributed by atoms with Crippen molar-refractivity contribution in [3.63, 3.8) is 0 Å². The molecular weight excluding hydrogens is 356 g/mol. The number of carbonyl (C=O) groups excluding carboxylic acids is 3. The Morgan fingerprint density at radius 1 is 0.926 bits per heavy atom. The van der Waals surface area contributed by atoms with Crippen LogP contribution in [0.2, 0.25) is 0 Å². The molecule has 3 amide bonds. The van der Waals surface area contributed by atoms with E-state index in [9.17, 15) is 23.2 Å². The summed E-state index contributed by atoms with van der Waals surface area (Å²) in [4.78, 5) is 35.5. The Bertz CT molecular complexity index is 849. The monoisotopic (exact) mass is 375 g/mol. The van der Waals surface area contributed by atoms with Crippen LogP contribution in [0.4, 0.5) is 20.2 Å². The van der Waals surface area contributed by atoms with Crippen molar-refractivity contribution in [3.05, 3.63) is 59.7 Å². The molecule has 0 aliphatic rings. The minimum absolute atomic E-state index is 0.159. The molecule has 27 heavy (non-hydrogen) atoms. The number of hydrogen-bond acceptors (Lipinski definition) is 3. The van der Waals surface area contributed by atoms with Crippen LogP contribution >= 0.6 is 0 Å². The Balaban J connectivity index is 1.92. The summed E-state index contributed by atoms with van der Waals surface area (Å²) in [6.45, 7) is 3.13. The Morgan fingerprint density at radius 2 is 1.52 bits per heavy atom. The molecule has 0 aromatic heterocycles. The molecule has 2 aromatic carbocycles. The van der Waals surface area contributed by atoms with Gasteiger partial charge in [-0.3, -0.25) is 14.4 Å². The normalized spacial score (nSPS) is 10.4. The van der Waals surface area contributed by atoms with Crippen LogP contribution in [-0.4, -0.2) is 24.3 Å². The molecule has 3 N–H and O–H groups in total. The number of amides is 3. The van der Waals surface area contributed by atoms with Crippen molar-refractivity contribution >= 4 is 29.1 Å². The lowest BCUT2D eigenvalue weighted by Crippen LogP contribution is -2.33. The lowest BCUT2D eigenvalue weighted by molar-refractivity contribution is -0.119. The van der Waals surface area contributed by atoms with Gasteiger partial charge in [0.15, 0.2) is 0 Å². The Hall–Kier alpha value is -3.29. The maximum Gasteiger partial charge on any atom is 0.251 e. The Labute approximate surface area is 155 Å². The fourth-order valence-corrected chi connectivity index (χ4v) is 2.11. The van der Waals surface area contributed by atoms with Crippen molar-refractivity contribution in [2.24, 2.45) is 5.92 Å². The van der Waals surface area contributed by atoms with Crippen LogP contribution in [0.3, 0.4) is 0 Å². The summed E-state index contributed by atoms with van der Waals surface area (Å²) in [5.74, 6) is -3.43. The zero-order valence-corrected chi connectivity index (χ0v) is 14.8. The number of rotatable bonds is 6. The van der Waals surface area contributed by atoms with E-state index in [0.717, 1.165) is 12.1 Å². The summed E-state index contributed by atoms with van der Waals surface area (Å²) in [5.41, 5.74) is 0.720. The third kappa shape index (κ3) is 6.18. The third-order valence-corrected chi connectivity index (χ3v) is 3.47. The van der Waals surface area contributed by atoms with E-state index in [0.29, 0.717) is 17.4 Å². The number of benzene rings is 2. The van der Waals surface area contributed by atoms with Crippen molar-refractivity contribution in [2.45, 2.75) is 13.8 Å². The van der Waals surface area contributed by atoms with Crippen molar-refractivity contribution < 1.29 is 23.2 Å². The molecule has 0 unspecified atom stereocenters. The first-order valence-electron chi connectivity index (χ1n) is 8.19. The zero-order chi connectivity index (χ0) is 20.0. The minimum atomic E-state index is -0.884. The predicted molar refractivity (Wildman–Crippen MR) is 97.2 cm³/mol. The molecule has 6 nitrogen and oxygen atoms in total. The van der Waals surface area contributed by atoms with E-state index >= 15 is 0 Å². The fourth-order valence-electron chi connectivity index (χ4n) is 2.11. The largest absolute Gasteiger partial charge is 0.343 e. The predicted octanol–water partition coefficient (Wildman–Crippen LogP) is 2.93. The highest BCUT2D eigenvalue weighted by atomic mass is 19.1. The first kappa shape index (κ1) is 20.0. The molecule has 2 rings (SSSR count). The summed E-state index contributed by atoms with van der Waals surface area (Å²) in [5, 5.41) is 7.55. The molecule has 0 saturated heterocycles. The fraction of sp³-hybridized carbons (Fsp3) is 0.211. The van der Waals surface area contributed by atoms with Crippen LogP contribution in [0.15, 0.2) is 42.5 Å². The second-order valence-electron chi connectivity index (χ2n) is 6.11. The van der Waals surface area contributed by atoms with Gasteiger partial charge in [0, 0.05) is 28.9 Å². The molecule has 0 bridgehead atoms. The lowest BCUT2D eigenvalue weighted by Gasteiger charge is -2.11. The van der Waals surface area contributed by atoms with E-state index in [2.05, 4.69) is 16.0 Å². The highest BCUT2D eigenvalue weighted by molar-refractivity contribution is 5.99. The van der Waals surface area contributed by atoms with Gasteiger partial charge in [-0.2, -0.15) is 0 Å². The van der Waals surface area contributed by atoms with Gasteiger partial charge in [0.2, 0.25) is 11.8 Å². The van der Waals surface area contributed by atoms with Gasteiger partial charge < -0.3 is 16.0 Å². The van der Waals surface area contributed by atoms with E-state index in [4.69, 9.17) is 0 Å². The lowest BCUT2D eigenvalue weighted by atomic mass is 10.2. The Kier molecular flexibility index (Phi) is 6.59. The summed E-state index contributed by atoms with van der Waals surface area (Å²) < 4.78 is 26.2. The van der Waals surface area contributed by atoms with Crippen molar-refractivity contribution in [1.82, 2.24) is 5.32 Å². The van der Waals surface area contributed by atoms with Gasteiger partial charge in [-0.05, 0) is 30.3 Å². The summed E-state index contributed by atoms with van der Waals surface area (Å²) in [6.07, 6.45) is 0. The highest BCUT2D eigenvalue weighted by Gasteiger charge is 2.12. The van der Waals surface area contributed by atoms with Gasteiger partial charge in [-0.25, -0.2) is 8.78 Å². The first-order valence-corrected chi connectivity index (χ1v) is 8.19. The molecule has 0 aliphatic carbocycles. The van der Waals surface area contributed by atoms with Crippen molar-refractivity contribution in [1.29, 1.82) is 0 Å². The van der Waals surface area contributed by atoms with Crippen LogP contribution in [-0.2, 0) is 9.59 Å². The average Bonchev–Trinajstić information content (AvgIpc) is 2.59. The van der Waals surface area contributed by atoms with E-state index in [-0.39, 0.29) is 23.9 Å². The third-order valence-electron chi connectivity index (χ3n) is 3.47. The van der Waals surface area contributed by atoms with E-state index in [1.54, 1.807) is 38.1 Å². The topological polar surface area (TPSA) is 87.3 Å². The Morgan fingerprint density at radius 3 is 2.11 bits per heavy atom.